The smallest absolute Gasteiger partial charge is 0.335 e. The number of nitrogens with zero attached hydrogens (tertiary/aromatic N) is 2. The fourth-order valence-electron chi connectivity index (χ4n) is 10.3. The van der Waals surface area contributed by atoms with Crippen molar-refractivity contribution in [2.75, 3.05) is 38.0 Å². The van der Waals surface area contributed by atoms with Gasteiger partial charge >= 0.3 is 11.9 Å². The highest BCUT2D eigenvalue weighted by atomic mass is 16.4. The zero-order chi connectivity index (χ0) is 52.5. The Balaban J connectivity index is 0.000000211. The topological polar surface area (TPSA) is 118 Å². The number of hydrogen-bond acceptors (Lipinski definition) is 6. The first kappa shape index (κ1) is 52.8. The predicted molar refractivity (Wildman–Crippen MR) is 297 cm³/mol. The lowest BCUT2D eigenvalue weighted by atomic mass is 9.61. The first-order valence-electron chi connectivity index (χ1n) is 25.0. The minimum Gasteiger partial charge on any atom is -0.478 e. The lowest BCUT2D eigenvalue weighted by Crippen LogP contribution is -2.34. The summed E-state index contributed by atoms with van der Waals surface area (Å²) in [6.07, 6.45) is 10.5. The van der Waals surface area contributed by atoms with Gasteiger partial charge < -0.3 is 25.1 Å². The molecule has 6 aromatic rings. The van der Waals surface area contributed by atoms with Gasteiger partial charge in [-0.3, -0.25) is 4.79 Å². The minimum absolute atomic E-state index is 0.00368. The molecule has 1 atom stereocenters. The number of hydrogen-bond donors (Lipinski definition) is 3. The summed E-state index contributed by atoms with van der Waals surface area (Å²) in [5, 5.41) is 29.5. The molecule has 0 aliphatic heterocycles. The number of aliphatic hydroxyl groups is 1. The molecule has 8 heteroatoms. The summed E-state index contributed by atoms with van der Waals surface area (Å²) in [7, 11) is 8.15. The fourth-order valence-corrected chi connectivity index (χ4v) is 10.3. The van der Waals surface area contributed by atoms with Gasteiger partial charge in [0.15, 0.2) is 5.78 Å². The maximum atomic E-state index is 13.4. The van der Waals surface area contributed by atoms with E-state index in [1.807, 2.05) is 40.3 Å². The number of rotatable bonds is 12. The van der Waals surface area contributed by atoms with E-state index in [0.29, 0.717) is 5.56 Å². The average molecular weight is 965 g/mol. The number of carboxylic acids is 2. The molecular formula is C64H72N2O6. The van der Waals surface area contributed by atoms with Crippen molar-refractivity contribution in [2.24, 2.45) is 0 Å². The van der Waals surface area contributed by atoms with Gasteiger partial charge in [0.2, 0.25) is 0 Å². The second kappa shape index (κ2) is 20.6. The van der Waals surface area contributed by atoms with Crippen molar-refractivity contribution in [3.63, 3.8) is 0 Å². The van der Waals surface area contributed by atoms with Gasteiger partial charge in [0.1, 0.15) is 0 Å². The van der Waals surface area contributed by atoms with E-state index in [1.54, 1.807) is 66.8 Å². The molecule has 6 aromatic carbocycles. The number of aliphatic hydroxyl groups excluding tert-OH is 1. The van der Waals surface area contributed by atoms with Crippen molar-refractivity contribution in [1.29, 1.82) is 0 Å². The van der Waals surface area contributed by atoms with Gasteiger partial charge in [-0.15, -0.1) is 0 Å². The highest BCUT2D eigenvalue weighted by molar-refractivity contribution is 6.08. The zero-order valence-corrected chi connectivity index (χ0v) is 44.2. The van der Waals surface area contributed by atoms with Gasteiger partial charge in [-0.05, 0) is 181 Å². The molecule has 0 bridgehead atoms. The molecule has 0 heterocycles. The molecule has 0 saturated heterocycles. The maximum Gasteiger partial charge on any atom is 0.335 e. The van der Waals surface area contributed by atoms with Gasteiger partial charge in [0.05, 0.1) is 17.2 Å². The fraction of sp³-hybridized carbons (Fsp3) is 0.328. The van der Waals surface area contributed by atoms with Crippen molar-refractivity contribution in [2.45, 2.75) is 109 Å². The van der Waals surface area contributed by atoms with Crippen molar-refractivity contribution >= 4 is 41.2 Å². The summed E-state index contributed by atoms with van der Waals surface area (Å²) in [6, 6.07) is 38.8. The van der Waals surface area contributed by atoms with E-state index in [4.69, 9.17) is 10.2 Å². The number of ketones is 1. The number of benzene rings is 6. The highest BCUT2D eigenvalue weighted by Gasteiger charge is 2.41. The molecule has 1 unspecified atom stereocenters. The number of carbonyl (C=O) groups excluding carboxylic acids is 1. The third-order valence-corrected chi connectivity index (χ3v) is 15.1. The zero-order valence-electron chi connectivity index (χ0n) is 44.2. The molecule has 374 valence electrons. The van der Waals surface area contributed by atoms with Crippen molar-refractivity contribution < 1.29 is 29.7 Å². The Morgan fingerprint density at radius 1 is 0.486 bits per heavy atom. The Hall–Kier alpha value is -7.03. The molecule has 3 N–H and O–H groups in total. The molecule has 0 fully saturated rings. The van der Waals surface area contributed by atoms with E-state index < -0.39 is 18.0 Å². The van der Waals surface area contributed by atoms with E-state index in [1.165, 1.54) is 27.8 Å². The van der Waals surface area contributed by atoms with Crippen LogP contribution in [0.2, 0.25) is 0 Å². The van der Waals surface area contributed by atoms with E-state index in [2.05, 4.69) is 132 Å². The van der Waals surface area contributed by atoms with Gasteiger partial charge in [-0.1, -0.05) is 128 Å². The molecule has 0 spiro atoms. The third kappa shape index (κ3) is 11.5. The van der Waals surface area contributed by atoms with Crippen molar-refractivity contribution in [3.05, 3.63) is 189 Å². The molecule has 0 aromatic heterocycles. The summed E-state index contributed by atoms with van der Waals surface area (Å²) < 4.78 is 0. The number of carbonyl (C=O) groups is 3. The van der Waals surface area contributed by atoms with Crippen LogP contribution >= 0.6 is 0 Å². The Kier molecular flexibility index (Phi) is 15.1. The Morgan fingerprint density at radius 3 is 1.29 bits per heavy atom. The van der Waals surface area contributed by atoms with Crippen LogP contribution in [0.5, 0.6) is 0 Å². The Morgan fingerprint density at radius 2 is 0.875 bits per heavy atom. The summed E-state index contributed by atoms with van der Waals surface area (Å²) in [6.45, 7) is 18.4. The second-order valence-electron chi connectivity index (χ2n) is 22.7. The van der Waals surface area contributed by atoms with E-state index in [0.717, 1.165) is 70.4 Å². The van der Waals surface area contributed by atoms with Crippen LogP contribution in [0, 0.1) is 0 Å². The van der Waals surface area contributed by atoms with Gasteiger partial charge in [-0.2, -0.15) is 0 Å². The summed E-state index contributed by atoms with van der Waals surface area (Å²) in [5.41, 5.74) is 15.8. The molecular weight excluding hydrogens is 893 g/mol. The molecule has 8 nitrogen and oxygen atoms in total. The third-order valence-electron chi connectivity index (χ3n) is 15.1. The first-order chi connectivity index (χ1) is 33.8. The number of carboxylic acid groups (broad SMARTS) is 2. The molecule has 0 amide bonds. The Labute approximate surface area is 427 Å². The van der Waals surface area contributed by atoms with Crippen LogP contribution in [-0.2, 0) is 21.7 Å². The van der Waals surface area contributed by atoms with Crippen LogP contribution in [0.15, 0.2) is 133 Å². The summed E-state index contributed by atoms with van der Waals surface area (Å²) in [5.74, 6) is -1.98. The minimum atomic E-state index is -0.965. The summed E-state index contributed by atoms with van der Waals surface area (Å²) in [4.78, 5) is 39.8. The number of anilines is 2. The lowest BCUT2D eigenvalue weighted by molar-refractivity contribution is 0.0686. The largest absolute Gasteiger partial charge is 0.478 e. The van der Waals surface area contributed by atoms with Crippen molar-refractivity contribution in [3.8, 4) is 22.3 Å². The second-order valence-corrected chi connectivity index (χ2v) is 22.7. The molecule has 2 aliphatic carbocycles. The number of aromatic carboxylic acids is 2. The predicted octanol–water partition coefficient (Wildman–Crippen LogP) is 14.6. The standard InChI is InChI=1S/C32H37NO3.C32H35NO3/c2*1-31(2)17-18-32(3,4)29-26(22-12-14-25(15-13-22)33(5)6)19-24(20-27(29)31)28(34)16-9-21-7-10-23(11-8-21)30(35)36/h7-16,19-20,28,34H,17-18H2,1-6H3,(H,35,36);7-16,19-20H,17-18H2,1-6H3,(H,35,36). The average Bonchev–Trinajstić information content (AvgIpc) is 3.35. The maximum absolute atomic E-state index is 13.4. The van der Waals surface area contributed by atoms with Gasteiger partial charge in [0, 0.05) is 45.1 Å². The van der Waals surface area contributed by atoms with Crippen LogP contribution in [0.4, 0.5) is 11.4 Å². The van der Waals surface area contributed by atoms with Crippen LogP contribution in [0.3, 0.4) is 0 Å². The van der Waals surface area contributed by atoms with E-state index in [9.17, 15) is 19.5 Å². The van der Waals surface area contributed by atoms with Gasteiger partial charge in [-0.25, -0.2) is 9.59 Å². The van der Waals surface area contributed by atoms with Gasteiger partial charge in [0.25, 0.3) is 0 Å². The SMILES string of the molecule is CN(C)c1ccc(-c2cc(C(=O)C=Cc3ccc(C(=O)O)cc3)cc3c2C(C)(C)CCC3(C)C)cc1.CN(C)c1ccc(-c2cc(C(O)C=Cc3ccc(C(=O)O)cc3)cc3c2C(C)(C)CCC3(C)C)cc1. The highest BCUT2D eigenvalue weighted by Crippen LogP contribution is 2.52. The Bertz CT molecular complexity index is 3020. The van der Waals surface area contributed by atoms with Crippen molar-refractivity contribution in [1.82, 2.24) is 0 Å². The van der Waals surface area contributed by atoms with E-state index >= 15 is 0 Å². The molecule has 0 radical (unpaired) electrons. The quantitative estimate of drug-likeness (QED) is 0.0820. The number of allylic oxidation sites excluding steroid dienone is 1. The molecule has 72 heavy (non-hydrogen) atoms. The monoisotopic (exact) mass is 965 g/mol. The van der Waals surface area contributed by atoms with Crippen LogP contribution in [0.1, 0.15) is 157 Å². The molecule has 2 aliphatic rings. The molecule has 8 rings (SSSR count). The lowest BCUT2D eigenvalue weighted by Gasteiger charge is -2.43. The van der Waals surface area contributed by atoms with Crippen LogP contribution in [-0.4, -0.2) is 61.2 Å². The molecule has 0 saturated carbocycles. The normalized spacial score (nSPS) is 16.5. The van der Waals surface area contributed by atoms with Crippen LogP contribution < -0.4 is 9.80 Å². The summed E-state index contributed by atoms with van der Waals surface area (Å²) >= 11 is 0. The first-order valence-corrected chi connectivity index (χ1v) is 25.0. The van der Waals surface area contributed by atoms with Crippen LogP contribution in [0.25, 0.3) is 34.4 Å². The van der Waals surface area contributed by atoms with E-state index in [-0.39, 0.29) is 38.6 Å². The number of fused-ring (bicyclic) bond motifs is 2.